The molecule has 1 aliphatic heterocycles. The number of nitrogens with two attached hydrogens (primary N) is 1. The fraction of sp³-hybridized carbons (Fsp3) is 0.154. The standard InChI is InChI=1S/C13H13N5O/c1-13(8-5-3-2-4-6-8)17-9(11(14)19)10-12(18-13)16-7-15-10/h2-7,18H,1H3,(H2,14,19)(H,15,16)/t13-/m0/s1. The van der Waals surface area contributed by atoms with Gasteiger partial charge in [0.1, 0.15) is 5.69 Å². The molecule has 96 valence electrons. The molecule has 1 aromatic carbocycles. The van der Waals surface area contributed by atoms with E-state index in [2.05, 4.69) is 20.3 Å². The van der Waals surface area contributed by atoms with Gasteiger partial charge in [0.25, 0.3) is 5.91 Å². The van der Waals surface area contributed by atoms with Crippen LogP contribution in [0.15, 0.2) is 41.7 Å². The molecule has 1 aromatic heterocycles. The lowest BCUT2D eigenvalue weighted by molar-refractivity contribution is -0.112. The molecule has 1 aliphatic rings. The van der Waals surface area contributed by atoms with Crippen LogP contribution in [0.25, 0.3) is 0 Å². The summed E-state index contributed by atoms with van der Waals surface area (Å²) in [5, 5.41) is 3.22. The number of aromatic amines is 1. The Hall–Kier alpha value is -2.63. The summed E-state index contributed by atoms with van der Waals surface area (Å²) in [7, 11) is 0. The average molecular weight is 255 g/mol. The molecule has 0 bridgehead atoms. The quantitative estimate of drug-likeness (QED) is 0.746. The molecule has 6 heteroatoms. The van der Waals surface area contributed by atoms with Crippen LogP contribution in [0.3, 0.4) is 0 Å². The van der Waals surface area contributed by atoms with Crippen LogP contribution in [0.4, 0.5) is 5.82 Å². The Morgan fingerprint density at radius 2 is 2.05 bits per heavy atom. The van der Waals surface area contributed by atoms with E-state index in [9.17, 15) is 4.79 Å². The van der Waals surface area contributed by atoms with Crippen molar-refractivity contribution in [2.24, 2.45) is 10.7 Å². The van der Waals surface area contributed by atoms with E-state index >= 15 is 0 Å². The molecule has 2 aromatic rings. The summed E-state index contributed by atoms with van der Waals surface area (Å²) in [5.74, 6) is 0.00399. The number of benzene rings is 1. The highest BCUT2D eigenvalue weighted by molar-refractivity contribution is 6.45. The molecule has 0 aliphatic carbocycles. The van der Waals surface area contributed by atoms with E-state index in [-0.39, 0.29) is 5.71 Å². The first kappa shape index (κ1) is 11.5. The van der Waals surface area contributed by atoms with Gasteiger partial charge < -0.3 is 16.0 Å². The van der Waals surface area contributed by atoms with Gasteiger partial charge in [0.2, 0.25) is 0 Å². The van der Waals surface area contributed by atoms with Crippen LogP contribution < -0.4 is 11.1 Å². The summed E-state index contributed by atoms with van der Waals surface area (Å²) < 4.78 is 0. The first-order valence-electron chi connectivity index (χ1n) is 5.87. The zero-order valence-corrected chi connectivity index (χ0v) is 10.3. The lowest BCUT2D eigenvalue weighted by Crippen LogP contribution is -2.39. The van der Waals surface area contributed by atoms with Crippen molar-refractivity contribution in [3.63, 3.8) is 0 Å². The molecular weight excluding hydrogens is 242 g/mol. The van der Waals surface area contributed by atoms with Gasteiger partial charge in [0.05, 0.1) is 6.33 Å². The van der Waals surface area contributed by atoms with Crippen molar-refractivity contribution < 1.29 is 4.79 Å². The Bertz CT molecular complexity index is 661. The molecule has 3 rings (SSSR count). The molecule has 0 unspecified atom stereocenters. The van der Waals surface area contributed by atoms with Gasteiger partial charge in [-0.25, -0.2) is 9.98 Å². The predicted octanol–water partition coefficient (Wildman–Crippen LogP) is 0.983. The zero-order valence-electron chi connectivity index (χ0n) is 10.3. The minimum absolute atomic E-state index is 0.206. The Morgan fingerprint density at radius 3 is 2.74 bits per heavy atom. The molecule has 1 amide bonds. The second kappa shape index (κ2) is 3.94. The molecule has 6 nitrogen and oxygen atoms in total. The fourth-order valence-corrected chi connectivity index (χ4v) is 2.19. The third-order valence-electron chi connectivity index (χ3n) is 3.14. The van der Waals surface area contributed by atoms with E-state index in [4.69, 9.17) is 5.73 Å². The highest BCUT2D eigenvalue weighted by Crippen LogP contribution is 2.32. The maximum absolute atomic E-state index is 11.6. The number of rotatable bonds is 2. The van der Waals surface area contributed by atoms with Crippen molar-refractivity contribution in [3.05, 3.63) is 47.9 Å². The summed E-state index contributed by atoms with van der Waals surface area (Å²) in [6.45, 7) is 1.88. The van der Waals surface area contributed by atoms with Gasteiger partial charge in [-0.1, -0.05) is 30.3 Å². The van der Waals surface area contributed by atoms with E-state index in [1.54, 1.807) is 0 Å². The normalized spacial score (nSPS) is 21.2. The third kappa shape index (κ3) is 1.77. The molecule has 0 radical (unpaired) electrons. The van der Waals surface area contributed by atoms with Crippen LogP contribution >= 0.6 is 0 Å². The number of carbonyl (C=O) groups is 1. The molecule has 0 saturated heterocycles. The van der Waals surface area contributed by atoms with Crippen molar-refractivity contribution in [1.29, 1.82) is 0 Å². The van der Waals surface area contributed by atoms with E-state index in [1.165, 1.54) is 6.33 Å². The minimum Gasteiger partial charge on any atom is -0.364 e. The first-order chi connectivity index (χ1) is 9.10. The van der Waals surface area contributed by atoms with E-state index < -0.39 is 11.6 Å². The minimum atomic E-state index is -0.756. The van der Waals surface area contributed by atoms with Gasteiger partial charge in [0, 0.05) is 0 Å². The SMILES string of the molecule is C[C@]1(c2ccccc2)N=C(C(N)=O)c2[nH]cnc2N1. The average Bonchev–Trinajstić information content (AvgIpc) is 2.86. The Balaban J connectivity index is 2.16. The van der Waals surface area contributed by atoms with Gasteiger partial charge in [0.15, 0.2) is 17.2 Å². The van der Waals surface area contributed by atoms with Gasteiger partial charge in [-0.15, -0.1) is 0 Å². The van der Waals surface area contributed by atoms with Gasteiger partial charge in [-0.3, -0.25) is 4.79 Å². The molecular formula is C13H13N5O. The van der Waals surface area contributed by atoms with E-state index in [0.29, 0.717) is 11.5 Å². The lowest BCUT2D eigenvalue weighted by Gasteiger charge is -2.31. The number of hydrogen-bond donors (Lipinski definition) is 3. The maximum Gasteiger partial charge on any atom is 0.269 e. The first-order valence-corrected chi connectivity index (χ1v) is 5.87. The number of imidazole rings is 1. The second-order valence-electron chi connectivity index (χ2n) is 4.51. The number of anilines is 1. The summed E-state index contributed by atoms with van der Waals surface area (Å²) in [6, 6.07) is 9.64. The van der Waals surface area contributed by atoms with Gasteiger partial charge >= 0.3 is 0 Å². The van der Waals surface area contributed by atoms with Crippen LogP contribution in [-0.4, -0.2) is 21.6 Å². The van der Waals surface area contributed by atoms with E-state index in [1.807, 2.05) is 37.3 Å². The molecule has 0 fully saturated rings. The zero-order chi connectivity index (χ0) is 13.5. The summed E-state index contributed by atoms with van der Waals surface area (Å²) in [4.78, 5) is 23.0. The Morgan fingerprint density at radius 1 is 1.32 bits per heavy atom. The number of nitrogens with one attached hydrogen (secondary N) is 2. The molecule has 4 N–H and O–H groups in total. The number of fused-ring (bicyclic) bond motifs is 1. The van der Waals surface area contributed by atoms with E-state index in [0.717, 1.165) is 5.56 Å². The summed E-state index contributed by atoms with van der Waals surface area (Å²) in [5.41, 5.74) is 6.31. The molecule has 19 heavy (non-hydrogen) atoms. The number of aliphatic imine (C=N–C) groups is 1. The lowest BCUT2D eigenvalue weighted by atomic mass is 9.99. The van der Waals surface area contributed by atoms with Crippen molar-refractivity contribution in [3.8, 4) is 0 Å². The smallest absolute Gasteiger partial charge is 0.269 e. The molecule has 0 spiro atoms. The number of H-pyrrole nitrogens is 1. The molecule has 1 atom stereocenters. The number of carbonyl (C=O) groups excluding carboxylic acids is 1. The number of primary amides is 1. The van der Waals surface area contributed by atoms with Crippen LogP contribution in [0.2, 0.25) is 0 Å². The Kier molecular flexibility index (Phi) is 2.38. The van der Waals surface area contributed by atoms with Crippen LogP contribution in [0, 0.1) is 0 Å². The van der Waals surface area contributed by atoms with Crippen molar-refractivity contribution in [2.45, 2.75) is 12.6 Å². The monoisotopic (exact) mass is 255 g/mol. The summed E-state index contributed by atoms with van der Waals surface area (Å²) >= 11 is 0. The van der Waals surface area contributed by atoms with Gasteiger partial charge in [-0.05, 0) is 12.5 Å². The number of hydrogen-bond acceptors (Lipinski definition) is 4. The highest BCUT2D eigenvalue weighted by Gasteiger charge is 2.35. The second-order valence-corrected chi connectivity index (χ2v) is 4.51. The van der Waals surface area contributed by atoms with Crippen LogP contribution in [0.5, 0.6) is 0 Å². The van der Waals surface area contributed by atoms with Crippen molar-refractivity contribution >= 4 is 17.4 Å². The topological polar surface area (TPSA) is 96.2 Å². The number of amides is 1. The van der Waals surface area contributed by atoms with Crippen LogP contribution in [0.1, 0.15) is 18.2 Å². The summed E-state index contributed by atoms with van der Waals surface area (Å²) in [6.07, 6.45) is 1.51. The number of aromatic nitrogens is 2. The maximum atomic E-state index is 11.6. The Labute approximate surface area is 109 Å². The van der Waals surface area contributed by atoms with Crippen LogP contribution in [-0.2, 0) is 10.5 Å². The van der Waals surface area contributed by atoms with Gasteiger partial charge in [-0.2, -0.15) is 0 Å². The highest BCUT2D eigenvalue weighted by atomic mass is 16.1. The molecule has 0 saturated carbocycles. The number of nitrogens with zero attached hydrogens (tertiary/aromatic N) is 2. The largest absolute Gasteiger partial charge is 0.364 e. The fourth-order valence-electron chi connectivity index (χ4n) is 2.19. The van der Waals surface area contributed by atoms with Crippen molar-refractivity contribution in [2.75, 3.05) is 5.32 Å². The predicted molar refractivity (Wildman–Crippen MR) is 71.7 cm³/mol. The van der Waals surface area contributed by atoms with Crippen molar-refractivity contribution in [1.82, 2.24) is 9.97 Å². The molecule has 2 heterocycles. The third-order valence-corrected chi connectivity index (χ3v) is 3.14.